The third kappa shape index (κ3) is 3.70. The van der Waals surface area contributed by atoms with Crippen LogP contribution in [0.2, 0.25) is 0 Å². The molecule has 1 N–H and O–H groups in total. The fourth-order valence-corrected chi connectivity index (χ4v) is 6.38. The first-order chi connectivity index (χ1) is 15.9. The van der Waals surface area contributed by atoms with Crippen molar-refractivity contribution in [2.24, 2.45) is 0 Å². The summed E-state index contributed by atoms with van der Waals surface area (Å²) >= 11 is 1.48. The quantitative estimate of drug-likeness (QED) is 0.714. The normalized spacial score (nSPS) is 23.8. The van der Waals surface area contributed by atoms with Crippen LogP contribution >= 0.6 is 11.8 Å². The molecule has 1 saturated heterocycles. The maximum atomic E-state index is 14.1. The molecule has 0 aliphatic carbocycles. The molecule has 0 spiro atoms. The van der Waals surface area contributed by atoms with Crippen LogP contribution in [0.25, 0.3) is 0 Å². The average Bonchev–Trinajstić information content (AvgIpc) is 3.12. The predicted molar refractivity (Wildman–Crippen MR) is 124 cm³/mol. The van der Waals surface area contributed by atoms with Crippen molar-refractivity contribution in [2.75, 3.05) is 17.2 Å². The molecular weight excluding hydrogens is 441 g/mol. The highest BCUT2D eigenvalue weighted by molar-refractivity contribution is 7.99. The zero-order valence-electron chi connectivity index (χ0n) is 18.5. The molecule has 0 bridgehead atoms. The van der Waals surface area contributed by atoms with Crippen molar-refractivity contribution in [3.8, 4) is 0 Å². The second-order valence-electron chi connectivity index (χ2n) is 8.94. The maximum absolute atomic E-state index is 14.1. The molecule has 0 radical (unpaired) electrons. The molecule has 3 aliphatic heterocycles. The van der Waals surface area contributed by atoms with E-state index in [-0.39, 0.29) is 36.0 Å². The molecule has 2 aromatic carbocycles. The highest BCUT2D eigenvalue weighted by Crippen LogP contribution is 2.44. The molecule has 3 aliphatic rings. The number of carbonyl (C=O) groups is 3. The summed E-state index contributed by atoms with van der Waals surface area (Å²) in [6, 6.07) is 12.0. The zero-order chi connectivity index (χ0) is 23.2. The Balaban J connectivity index is 1.26. The second kappa shape index (κ2) is 8.48. The van der Waals surface area contributed by atoms with Gasteiger partial charge in [-0.1, -0.05) is 24.3 Å². The van der Waals surface area contributed by atoms with Crippen LogP contribution in [-0.4, -0.2) is 40.6 Å². The largest absolute Gasteiger partial charge is 0.349 e. The molecule has 8 heteroatoms. The molecule has 0 saturated carbocycles. The molecule has 3 heterocycles. The lowest BCUT2D eigenvalue weighted by Gasteiger charge is -2.48. The predicted octanol–water partition coefficient (Wildman–Crippen LogP) is 4.26. The van der Waals surface area contributed by atoms with Crippen LogP contribution in [-0.2, 0) is 9.59 Å². The summed E-state index contributed by atoms with van der Waals surface area (Å²) in [6.45, 7) is 2.31. The van der Waals surface area contributed by atoms with Gasteiger partial charge in [0.2, 0.25) is 11.8 Å². The van der Waals surface area contributed by atoms with Crippen LogP contribution < -0.4 is 10.2 Å². The standard InChI is InChI=1S/C25H26FN3O3S/c1-25-13-11-22(31)29(25)20-9-3-2-6-17(20)24(32)28(25)14-5-10-21(30)27-19-12-15-33-23-16(19)7-4-8-18(23)26/h2-4,6-9,19H,5,10-15H2,1H3,(H,27,30). The number of anilines is 1. The number of nitrogens with one attached hydrogen (secondary N) is 1. The minimum Gasteiger partial charge on any atom is -0.349 e. The van der Waals surface area contributed by atoms with E-state index in [1.54, 1.807) is 28.0 Å². The van der Waals surface area contributed by atoms with Gasteiger partial charge in [-0.3, -0.25) is 19.3 Å². The molecule has 2 unspecified atom stereocenters. The molecule has 172 valence electrons. The van der Waals surface area contributed by atoms with Crippen LogP contribution in [0.15, 0.2) is 47.4 Å². The highest BCUT2D eigenvalue weighted by atomic mass is 32.2. The van der Waals surface area contributed by atoms with Crippen molar-refractivity contribution in [3.05, 3.63) is 59.4 Å². The van der Waals surface area contributed by atoms with Crippen LogP contribution in [0.4, 0.5) is 10.1 Å². The van der Waals surface area contributed by atoms with Gasteiger partial charge >= 0.3 is 0 Å². The molecule has 2 aromatic rings. The number of thioether (sulfide) groups is 1. The minimum absolute atomic E-state index is 0.0151. The van der Waals surface area contributed by atoms with Crippen molar-refractivity contribution in [1.29, 1.82) is 0 Å². The van der Waals surface area contributed by atoms with E-state index in [1.165, 1.54) is 17.8 Å². The SMILES string of the molecule is CC12CCC(=O)N1c1ccccc1C(=O)N2CCCC(=O)NC1CCSc2c(F)cccc21. The van der Waals surface area contributed by atoms with Gasteiger partial charge in [0.15, 0.2) is 0 Å². The van der Waals surface area contributed by atoms with E-state index in [4.69, 9.17) is 0 Å². The molecule has 3 amide bonds. The highest BCUT2D eigenvalue weighted by Gasteiger charge is 2.52. The van der Waals surface area contributed by atoms with Gasteiger partial charge in [-0.05, 0) is 49.9 Å². The Morgan fingerprint density at radius 3 is 2.88 bits per heavy atom. The molecule has 1 fully saturated rings. The van der Waals surface area contributed by atoms with E-state index < -0.39 is 5.66 Å². The summed E-state index contributed by atoms with van der Waals surface area (Å²) in [5, 5.41) is 3.04. The maximum Gasteiger partial charge on any atom is 0.257 e. The van der Waals surface area contributed by atoms with E-state index in [9.17, 15) is 18.8 Å². The van der Waals surface area contributed by atoms with Crippen molar-refractivity contribution in [2.45, 2.75) is 55.6 Å². The van der Waals surface area contributed by atoms with Crippen molar-refractivity contribution >= 4 is 35.2 Å². The van der Waals surface area contributed by atoms with E-state index in [2.05, 4.69) is 5.32 Å². The fraction of sp³-hybridized carbons (Fsp3) is 0.400. The Hall–Kier alpha value is -2.87. The molecule has 6 nitrogen and oxygen atoms in total. The second-order valence-corrected chi connectivity index (χ2v) is 10.0. The van der Waals surface area contributed by atoms with Crippen molar-refractivity contribution in [3.63, 3.8) is 0 Å². The van der Waals surface area contributed by atoms with Gasteiger partial charge in [0.1, 0.15) is 11.5 Å². The van der Waals surface area contributed by atoms with Crippen LogP contribution in [0.3, 0.4) is 0 Å². The van der Waals surface area contributed by atoms with Gasteiger partial charge in [-0.25, -0.2) is 4.39 Å². The summed E-state index contributed by atoms with van der Waals surface area (Å²) in [5.41, 5.74) is 1.31. The van der Waals surface area contributed by atoms with Gasteiger partial charge in [-0.15, -0.1) is 11.8 Å². The molecule has 5 rings (SSSR count). The summed E-state index contributed by atoms with van der Waals surface area (Å²) in [4.78, 5) is 42.7. The number of nitrogens with zero attached hydrogens (tertiary/aromatic N) is 2. The Morgan fingerprint density at radius 1 is 1.21 bits per heavy atom. The fourth-order valence-electron chi connectivity index (χ4n) is 5.24. The Bertz CT molecular complexity index is 1140. The smallest absolute Gasteiger partial charge is 0.257 e. The van der Waals surface area contributed by atoms with Gasteiger partial charge in [0, 0.05) is 30.0 Å². The lowest BCUT2D eigenvalue weighted by atomic mass is 9.97. The third-order valence-electron chi connectivity index (χ3n) is 6.89. The third-order valence-corrected chi connectivity index (χ3v) is 8.05. The van der Waals surface area contributed by atoms with Crippen LogP contribution in [0, 0.1) is 5.82 Å². The monoisotopic (exact) mass is 467 g/mol. The zero-order valence-corrected chi connectivity index (χ0v) is 19.3. The van der Waals surface area contributed by atoms with E-state index in [0.29, 0.717) is 42.0 Å². The van der Waals surface area contributed by atoms with E-state index in [0.717, 1.165) is 17.7 Å². The first kappa shape index (κ1) is 21.9. The number of para-hydroxylation sites is 1. The Kier molecular flexibility index (Phi) is 5.64. The molecular formula is C25H26FN3O3S. The summed E-state index contributed by atoms with van der Waals surface area (Å²) in [7, 11) is 0. The Labute approximate surface area is 196 Å². The average molecular weight is 468 g/mol. The van der Waals surface area contributed by atoms with Gasteiger partial charge in [0.05, 0.1) is 17.3 Å². The summed E-state index contributed by atoms with van der Waals surface area (Å²) in [5.74, 6) is 0.304. The lowest BCUT2D eigenvalue weighted by molar-refractivity contribution is -0.122. The lowest BCUT2D eigenvalue weighted by Crippen LogP contribution is -2.62. The first-order valence-corrected chi connectivity index (χ1v) is 12.3. The Morgan fingerprint density at radius 2 is 2.03 bits per heavy atom. The van der Waals surface area contributed by atoms with E-state index >= 15 is 0 Å². The molecule has 2 atom stereocenters. The first-order valence-electron chi connectivity index (χ1n) is 11.3. The molecule has 0 aromatic heterocycles. The number of halogens is 1. The van der Waals surface area contributed by atoms with E-state index in [1.807, 2.05) is 25.1 Å². The number of fused-ring (bicyclic) bond motifs is 4. The van der Waals surface area contributed by atoms with Crippen LogP contribution in [0.1, 0.15) is 61.0 Å². The minimum atomic E-state index is -0.712. The van der Waals surface area contributed by atoms with Gasteiger partial charge in [-0.2, -0.15) is 0 Å². The number of amides is 3. The number of carbonyl (C=O) groups excluding carboxylic acids is 3. The summed E-state index contributed by atoms with van der Waals surface area (Å²) in [6.07, 6.45) is 2.45. The number of rotatable bonds is 5. The van der Waals surface area contributed by atoms with Crippen molar-refractivity contribution in [1.82, 2.24) is 10.2 Å². The topological polar surface area (TPSA) is 69.7 Å². The number of hydrogen-bond acceptors (Lipinski definition) is 4. The number of hydrogen-bond donors (Lipinski definition) is 1. The molecule has 33 heavy (non-hydrogen) atoms. The summed E-state index contributed by atoms with van der Waals surface area (Å²) < 4.78 is 14.1. The van der Waals surface area contributed by atoms with Crippen molar-refractivity contribution < 1.29 is 18.8 Å². The van der Waals surface area contributed by atoms with Crippen LogP contribution in [0.5, 0.6) is 0 Å². The number of benzene rings is 2. The van der Waals surface area contributed by atoms with Gasteiger partial charge in [0.25, 0.3) is 5.91 Å². The van der Waals surface area contributed by atoms with Gasteiger partial charge < -0.3 is 10.2 Å².